The van der Waals surface area contributed by atoms with Gasteiger partial charge >= 0.3 is 23.5 Å². The van der Waals surface area contributed by atoms with E-state index in [-0.39, 0.29) is 99.8 Å². The van der Waals surface area contributed by atoms with Crippen molar-refractivity contribution in [1.29, 1.82) is 0 Å². The Labute approximate surface area is 462 Å². The van der Waals surface area contributed by atoms with Crippen LogP contribution in [0.1, 0.15) is 112 Å². The third-order valence-corrected chi connectivity index (χ3v) is 21.7. The number of hydrogen-bond donors (Lipinski definition) is 12. The van der Waals surface area contributed by atoms with Crippen molar-refractivity contribution in [1.82, 2.24) is 30.2 Å². The van der Waals surface area contributed by atoms with Crippen molar-refractivity contribution >= 4 is 69.1 Å². The molecule has 2 amide bonds. The lowest BCUT2D eigenvalue weighted by Gasteiger charge is -2.63. The van der Waals surface area contributed by atoms with E-state index < -0.39 is 96.8 Å². The van der Waals surface area contributed by atoms with Gasteiger partial charge in [-0.15, -0.1) is 0 Å². The van der Waals surface area contributed by atoms with E-state index in [2.05, 4.69) is 55.2 Å². The maximum atomic E-state index is 13.0. The summed E-state index contributed by atoms with van der Waals surface area (Å²) in [4.78, 5) is 89.8. The average Bonchev–Trinajstić information content (AvgIpc) is 3.87. The summed E-state index contributed by atoms with van der Waals surface area (Å²) < 4.78 is 62.8. The number of thioether (sulfide) groups is 1. The quantitative estimate of drug-likeness (QED) is 0.0408. The fourth-order valence-electron chi connectivity index (χ4n) is 13.4. The number of phosphoric ester groups is 3. The summed E-state index contributed by atoms with van der Waals surface area (Å²) >= 11 is 1.06. The lowest BCUT2D eigenvalue weighted by atomic mass is 9.43. The second kappa shape index (κ2) is 25.2. The summed E-state index contributed by atoms with van der Waals surface area (Å²) in [7, 11) is -16.5. The topological polar surface area (TPSA) is 424 Å². The van der Waals surface area contributed by atoms with E-state index in [0.29, 0.717) is 24.8 Å². The lowest BCUT2D eigenvalue weighted by Crippen LogP contribution is -2.62. The Hall–Kier alpha value is -2.82. The van der Waals surface area contributed by atoms with Gasteiger partial charge in [0.2, 0.25) is 16.9 Å². The van der Waals surface area contributed by atoms with E-state index in [1.54, 1.807) is 6.92 Å². The second-order valence-corrected chi connectivity index (χ2v) is 28.5. The van der Waals surface area contributed by atoms with Gasteiger partial charge in [-0.25, -0.2) is 28.6 Å². The summed E-state index contributed by atoms with van der Waals surface area (Å²) in [6, 6.07) is 0. The number of carbonyl (C=O) groups is 3. The molecule has 27 nitrogen and oxygen atoms in total. The van der Waals surface area contributed by atoms with Gasteiger partial charge in [0.1, 0.15) is 36.3 Å². The minimum atomic E-state index is -5.61. The maximum absolute atomic E-state index is 13.0. The number of nitrogens with two attached hydrogens (primary N) is 1. The zero-order chi connectivity index (χ0) is 58.2. The number of allylic oxidation sites excluding steroid dienone is 1. The summed E-state index contributed by atoms with van der Waals surface area (Å²) in [5.41, 5.74) is 4.54. The first-order valence-electron chi connectivity index (χ1n) is 26.6. The minimum absolute atomic E-state index is 0.00939. The number of phosphoric acid groups is 3. The Balaban J connectivity index is 0.781. The number of nitrogens with one attached hydrogen (secondary N) is 2. The summed E-state index contributed by atoms with van der Waals surface area (Å²) in [5, 5.41) is 60.6. The van der Waals surface area contributed by atoms with Crippen LogP contribution in [0, 0.1) is 51.8 Å². The van der Waals surface area contributed by atoms with Crippen molar-refractivity contribution < 1.29 is 95.8 Å². The molecule has 18 atom stereocenters. The first-order chi connectivity index (χ1) is 36.8. The van der Waals surface area contributed by atoms with Gasteiger partial charge in [-0.05, 0) is 117 Å². The van der Waals surface area contributed by atoms with Gasteiger partial charge in [0.05, 0.1) is 37.9 Å². The van der Waals surface area contributed by atoms with Crippen molar-refractivity contribution in [2.45, 2.75) is 155 Å². The van der Waals surface area contributed by atoms with Crippen molar-refractivity contribution in [3.05, 3.63) is 24.3 Å². The van der Waals surface area contributed by atoms with Crippen LogP contribution in [-0.4, -0.2) is 156 Å². The highest BCUT2D eigenvalue weighted by Crippen LogP contribution is 2.68. The van der Waals surface area contributed by atoms with Gasteiger partial charge in [-0.3, -0.25) is 32.5 Å². The van der Waals surface area contributed by atoms with Crippen LogP contribution in [-0.2, 0) is 50.7 Å². The van der Waals surface area contributed by atoms with Crippen LogP contribution in [0.15, 0.2) is 24.3 Å². The number of nitrogens with zero attached hydrogens (tertiary/aromatic N) is 4. The SMILES string of the molecule is CC(=CCC[C@@H](C)[C@H]1CC[C@H]2[C@@H]3[C@H](O)C[C@@H]4C[C@H](O)CC[C@]4(C)[C@H]3CC(O)C12C)C(=O)SCCNC(=O)CCNC(=O)[C@H](O)C(C)(C)COP(=O)(O)OP(=O)(O)OC[C@H]1O[C@@H](n2cnc3c(N)ncnc32)[C@H](O)[C@@H]1OP(=O)(O)O. The van der Waals surface area contributed by atoms with Gasteiger partial charge in [-0.1, -0.05) is 52.5 Å². The standard InChI is InChI=1S/C48H78N7O20P3S/c1-25(29-10-11-30-36-31(20-34(58)48(29,30)6)47(5)14-12-28(56)18-27(47)19-32(36)57)8-7-9-26(2)45(63)79-17-16-50-35(59)13-15-51-43(62)40(61)46(3,4)22-72-78(69,70)75-77(67,68)71-21-33-39(74-76(64,65)66)38(60)44(73-33)55-24-54-37-41(49)52-23-53-42(37)55/h9,23-25,27-34,36,38-40,44,56-58,60-61H,7-8,10-22H2,1-6H3,(H,50,59)(H,51,62)(H,67,68)(H,69,70)(H2,49,52,53)(H2,64,65,66)/t25-,27+,28-,29-,30+,31+,32-,33-,34?,36+,38-,39-,40+,44-,47+,48?/m1/s1. The lowest BCUT2D eigenvalue weighted by molar-refractivity contribution is -0.207. The van der Waals surface area contributed by atoms with Crippen molar-refractivity contribution in [2.24, 2.45) is 51.8 Å². The van der Waals surface area contributed by atoms with E-state index in [1.165, 1.54) is 13.8 Å². The molecule has 4 unspecified atom stereocenters. The van der Waals surface area contributed by atoms with Crippen LogP contribution in [0.25, 0.3) is 11.2 Å². The minimum Gasteiger partial charge on any atom is -0.393 e. The summed E-state index contributed by atoms with van der Waals surface area (Å²) in [6.07, 6.45) is 0.951. The molecule has 0 aromatic carbocycles. The summed E-state index contributed by atoms with van der Waals surface area (Å²) in [6.45, 7) is 8.93. The first kappa shape index (κ1) is 63.8. The van der Waals surface area contributed by atoms with Gasteiger partial charge in [0, 0.05) is 30.7 Å². The number of rotatable bonds is 24. The molecule has 2 aromatic heterocycles. The largest absolute Gasteiger partial charge is 0.481 e. The number of nitrogen functional groups attached to an aromatic ring is 1. The monoisotopic (exact) mass is 1200 g/mol. The molecule has 7 rings (SSSR count). The van der Waals surface area contributed by atoms with Crippen LogP contribution < -0.4 is 16.4 Å². The highest BCUT2D eigenvalue weighted by molar-refractivity contribution is 8.14. The second-order valence-electron chi connectivity index (χ2n) is 23.2. The number of hydrogen-bond acceptors (Lipinski definition) is 21. The molecule has 4 aliphatic carbocycles. The number of ether oxygens (including phenoxy) is 1. The number of imidazole rings is 1. The summed E-state index contributed by atoms with van der Waals surface area (Å²) in [5.74, 6) is 0.199. The van der Waals surface area contributed by atoms with Gasteiger partial charge in [-0.2, -0.15) is 4.31 Å². The predicted molar refractivity (Wildman–Crippen MR) is 283 cm³/mol. The molecule has 0 spiro atoms. The van der Waals surface area contributed by atoms with Crippen LogP contribution in [0.5, 0.6) is 0 Å². The molecule has 0 bridgehead atoms. The molecule has 3 heterocycles. The zero-order valence-electron chi connectivity index (χ0n) is 45.1. The van der Waals surface area contributed by atoms with Gasteiger partial charge in [0.15, 0.2) is 17.7 Å². The average molecular weight is 1200 g/mol. The molecule has 5 fully saturated rings. The molecule has 0 radical (unpaired) electrons. The molecule has 446 valence electrons. The number of fused-ring (bicyclic) bond motifs is 6. The molecule has 5 aliphatic rings. The number of anilines is 1. The highest BCUT2D eigenvalue weighted by atomic mass is 32.2. The van der Waals surface area contributed by atoms with Crippen molar-refractivity contribution in [2.75, 3.05) is 37.8 Å². The first-order valence-corrected chi connectivity index (χ1v) is 32.1. The normalized spacial score (nSPS) is 34.4. The molecular formula is C48H78N7O20P3S. The predicted octanol–water partition coefficient (Wildman–Crippen LogP) is 2.99. The van der Waals surface area contributed by atoms with Crippen LogP contribution in [0.4, 0.5) is 5.82 Å². The van der Waals surface area contributed by atoms with E-state index >= 15 is 0 Å². The number of aromatic nitrogens is 4. The molecule has 13 N–H and O–H groups in total. The van der Waals surface area contributed by atoms with E-state index in [0.717, 1.165) is 67.5 Å². The number of carbonyl (C=O) groups excluding carboxylic acids is 3. The fourth-order valence-corrected chi connectivity index (χ4v) is 16.9. The molecule has 1 aliphatic heterocycles. The molecule has 2 aromatic rings. The Morgan fingerprint density at radius 3 is 2.39 bits per heavy atom. The zero-order valence-corrected chi connectivity index (χ0v) is 48.6. The fraction of sp³-hybridized carbons (Fsp3) is 0.792. The maximum Gasteiger partial charge on any atom is 0.481 e. The van der Waals surface area contributed by atoms with Gasteiger partial charge < -0.3 is 66.2 Å². The Bertz CT molecular complexity index is 2700. The Kier molecular flexibility index (Phi) is 20.3. The number of aliphatic hydroxyl groups is 5. The Morgan fingerprint density at radius 2 is 1.68 bits per heavy atom. The molecule has 4 saturated carbocycles. The molecule has 79 heavy (non-hydrogen) atoms. The van der Waals surface area contributed by atoms with Crippen molar-refractivity contribution in [3.63, 3.8) is 0 Å². The molecule has 1 saturated heterocycles. The van der Waals surface area contributed by atoms with E-state index in [4.69, 9.17) is 19.5 Å². The van der Waals surface area contributed by atoms with Crippen LogP contribution in [0.2, 0.25) is 0 Å². The Morgan fingerprint density at radius 1 is 0.975 bits per heavy atom. The third-order valence-electron chi connectivity index (χ3n) is 17.7. The smallest absolute Gasteiger partial charge is 0.393 e. The van der Waals surface area contributed by atoms with Gasteiger partial charge in [0.25, 0.3) is 0 Å². The molecular weight excluding hydrogens is 1120 g/mol. The van der Waals surface area contributed by atoms with E-state index in [9.17, 15) is 73.2 Å². The van der Waals surface area contributed by atoms with Crippen LogP contribution in [0.3, 0.4) is 0 Å². The van der Waals surface area contributed by atoms with Crippen molar-refractivity contribution in [3.8, 4) is 0 Å². The number of aliphatic hydroxyl groups excluding tert-OH is 5. The van der Waals surface area contributed by atoms with Crippen LogP contribution >= 0.6 is 35.2 Å². The number of amides is 2. The molecule has 31 heteroatoms. The van der Waals surface area contributed by atoms with E-state index in [1.807, 2.05) is 6.08 Å². The third kappa shape index (κ3) is 14.6. The highest BCUT2D eigenvalue weighted by Gasteiger charge is 2.66.